The molecule has 0 aliphatic carbocycles. The molecule has 0 heterocycles. The number of nitrogens with one attached hydrogen (secondary N) is 1. The number of hydrogen-bond donors (Lipinski definition) is 1. The van der Waals surface area contributed by atoms with Gasteiger partial charge in [-0.05, 0) is 27.8 Å². The zero-order chi connectivity index (χ0) is 10.4. The fourth-order valence-corrected chi connectivity index (χ4v) is 1.05. The lowest BCUT2D eigenvalue weighted by atomic mass is 10.3. The van der Waals surface area contributed by atoms with Gasteiger partial charge in [-0.3, -0.25) is 14.5 Å². The lowest BCUT2D eigenvalue weighted by Gasteiger charge is -2.15. The molecule has 1 amide bonds. The molecule has 76 valence electrons. The summed E-state index contributed by atoms with van der Waals surface area (Å²) in [6, 6.07) is 0.151. The molecule has 0 aromatic rings. The maximum atomic E-state index is 11.2. The van der Waals surface area contributed by atoms with E-state index in [4.69, 9.17) is 0 Å². The number of rotatable bonds is 5. The lowest BCUT2D eigenvalue weighted by molar-refractivity contribution is -0.123. The van der Waals surface area contributed by atoms with Crippen LogP contribution in [0.4, 0.5) is 0 Å². The predicted molar refractivity (Wildman–Crippen MR) is 51.5 cm³/mol. The summed E-state index contributed by atoms with van der Waals surface area (Å²) >= 11 is 0. The second kappa shape index (κ2) is 5.70. The molecule has 0 saturated heterocycles. The Kier molecular flexibility index (Phi) is 5.30. The molecule has 4 heteroatoms. The fraction of sp³-hybridized carbons (Fsp3) is 0.778. The third kappa shape index (κ3) is 7.46. The second-order valence-corrected chi connectivity index (χ2v) is 3.60. The number of Topliss-reactive ketones (excluding diaryl/α,β-unsaturated/α-hetero) is 1. The van der Waals surface area contributed by atoms with Crippen LogP contribution in [-0.2, 0) is 9.59 Å². The Balaban J connectivity index is 3.71. The van der Waals surface area contributed by atoms with E-state index in [1.54, 1.807) is 11.9 Å². The van der Waals surface area contributed by atoms with Gasteiger partial charge in [0.15, 0.2) is 0 Å². The van der Waals surface area contributed by atoms with Crippen molar-refractivity contribution in [3.63, 3.8) is 0 Å². The van der Waals surface area contributed by atoms with Gasteiger partial charge in [0, 0.05) is 6.04 Å². The molecule has 0 rings (SSSR count). The maximum Gasteiger partial charge on any atom is 0.234 e. The standard InChI is InChI=1S/C9H18N2O2/c1-7(2)10-9(13)6-11(4)5-8(3)12/h7H,5-6H2,1-4H3,(H,10,13). The number of hydrogen-bond acceptors (Lipinski definition) is 3. The first-order chi connectivity index (χ1) is 5.91. The molecule has 0 unspecified atom stereocenters. The van der Waals surface area contributed by atoms with Gasteiger partial charge in [-0.15, -0.1) is 0 Å². The number of ketones is 1. The molecular formula is C9H18N2O2. The zero-order valence-electron chi connectivity index (χ0n) is 8.76. The Labute approximate surface area is 79.3 Å². The van der Waals surface area contributed by atoms with Crippen LogP contribution in [0.2, 0.25) is 0 Å². The minimum Gasteiger partial charge on any atom is -0.353 e. The number of nitrogens with zero attached hydrogens (tertiary/aromatic N) is 1. The third-order valence-electron chi connectivity index (χ3n) is 1.36. The van der Waals surface area contributed by atoms with E-state index in [0.717, 1.165) is 0 Å². The molecule has 0 aromatic carbocycles. The molecule has 13 heavy (non-hydrogen) atoms. The van der Waals surface area contributed by atoms with E-state index >= 15 is 0 Å². The van der Waals surface area contributed by atoms with Crippen molar-refractivity contribution in [2.24, 2.45) is 0 Å². The van der Waals surface area contributed by atoms with Crippen molar-refractivity contribution < 1.29 is 9.59 Å². The molecule has 0 atom stereocenters. The Morgan fingerprint density at radius 1 is 1.31 bits per heavy atom. The highest BCUT2D eigenvalue weighted by Gasteiger charge is 2.08. The number of likely N-dealkylation sites (N-methyl/N-ethyl adjacent to an activating group) is 1. The van der Waals surface area contributed by atoms with Crippen LogP contribution in [0.5, 0.6) is 0 Å². The van der Waals surface area contributed by atoms with E-state index in [1.165, 1.54) is 6.92 Å². The molecule has 1 N–H and O–H groups in total. The molecule has 0 aromatic heterocycles. The normalized spacial score (nSPS) is 10.6. The van der Waals surface area contributed by atoms with E-state index < -0.39 is 0 Å². The van der Waals surface area contributed by atoms with Gasteiger partial charge < -0.3 is 5.32 Å². The Morgan fingerprint density at radius 3 is 2.23 bits per heavy atom. The highest BCUT2D eigenvalue weighted by Crippen LogP contribution is 1.84. The van der Waals surface area contributed by atoms with Gasteiger partial charge >= 0.3 is 0 Å². The Hall–Kier alpha value is -0.900. The van der Waals surface area contributed by atoms with Gasteiger partial charge in [-0.2, -0.15) is 0 Å². The summed E-state index contributed by atoms with van der Waals surface area (Å²) < 4.78 is 0. The van der Waals surface area contributed by atoms with Crippen LogP contribution in [0.15, 0.2) is 0 Å². The van der Waals surface area contributed by atoms with Crippen molar-refractivity contribution >= 4 is 11.7 Å². The van der Waals surface area contributed by atoms with Crippen LogP contribution in [0, 0.1) is 0 Å². The fourth-order valence-electron chi connectivity index (χ4n) is 1.05. The average Bonchev–Trinajstić information content (AvgIpc) is 1.80. The van der Waals surface area contributed by atoms with Crippen molar-refractivity contribution in [2.45, 2.75) is 26.8 Å². The maximum absolute atomic E-state index is 11.2. The topological polar surface area (TPSA) is 49.4 Å². The molecule has 0 aliphatic heterocycles. The minimum absolute atomic E-state index is 0.0428. The minimum atomic E-state index is -0.0428. The summed E-state index contributed by atoms with van der Waals surface area (Å²) in [5, 5.41) is 2.75. The van der Waals surface area contributed by atoms with Crippen LogP contribution in [-0.4, -0.2) is 42.8 Å². The molecule has 0 fully saturated rings. The van der Waals surface area contributed by atoms with Crippen LogP contribution >= 0.6 is 0 Å². The zero-order valence-corrected chi connectivity index (χ0v) is 8.76. The monoisotopic (exact) mass is 186 g/mol. The van der Waals surface area contributed by atoms with Crippen molar-refractivity contribution in [2.75, 3.05) is 20.1 Å². The predicted octanol–water partition coefficient (Wildman–Crippen LogP) is 0.0318. The molecule has 0 aliphatic rings. The van der Waals surface area contributed by atoms with Gasteiger partial charge in [-0.1, -0.05) is 0 Å². The summed E-state index contributed by atoms with van der Waals surface area (Å²) in [6.45, 7) is 5.92. The lowest BCUT2D eigenvalue weighted by Crippen LogP contribution is -2.39. The van der Waals surface area contributed by atoms with Crippen LogP contribution in [0.3, 0.4) is 0 Å². The molecule has 0 radical (unpaired) electrons. The summed E-state index contributed by atoms with van der Waals surface area (Å²) in [5.41, 5.74) is 0. The highest BCUT2D eigenvalue weighted by atomic mass is 16.2. The quantitative estimate of drug-likeness (QED) is 0.659. The smallest absolute Gasteiger partial charge is 0.234 e. The van der Waals surface area contributed by atoms with Gasteiger partial charge in [-0.25, -0.2) is 0 Å². The van der Waals surface area contributed by atoms with Crippen LogP contribution < -0.4 is 5.32 Å². The first-order valence-corrected chi connectivity index (χ1v) is 4.39. The van der Waals surface area contributed by atoms with Gasteiger partial charge in [0.2, 0.25) is 5.91 Å². The number of amides is 1. The molecular weight excluding hydrogens is 168 g/mol. The summed E-state index contributed by atoms with van der Waals surface area (Å²) in [5.74, 6) is 0.0265. The first-order valence-electron chi connectivity index (χ1n) is 4.39. The van der Waals surface area contributed by atoms with E-state index in [1.807, 2.05) is 13.8 Å². The molecule has 0 bridgehead atoms. The summed E-state index contributed by atoms with van der Waals surface area (Å²) in [6.07, 6.45) is 0. The highest BCUT2D eigenvalue weighted by molar-refractivity contribution is 5.80. The molecule has 0 spiro atoms. The number of carbonyl (C=O) groups excluding carboxylic acids is 2. The molecule has 4 nitrogen and oxygen atoms in total. The van der Waals surface area contributed by atoms with E-state index in [9.17, 15) is 9.59 Å². The Morgan fingerprint density at radius 2 is 1.85 bits per heavy atom. The summed E-state index contributed by atoms with van der Waals surface area (Å²) in [7, 11) is 1.75. The van der Waals surface area contributed by atoms with Crippen LogP contribution in [0.25, 0.3) is 0 Å². The Bertz CT molecular complexity index is 190. The van der Waals surface area contributed by atoms with E-state index in [0.29, 0.717) is 6.54 Å². The van der Waals surface area contributed by atoms with E-state index in [-0.39, 0.29) is 24.3 Å². The number of carbonyl (C=O) groups is 2. The first kappa shape index (κ1) is 12.1. The van der Waals surface area contributed by atoms with Crippen molar-refractivity contribution in [1.29, 1.82) is 0 Å². The third-order valence-corrected chi connectivity index (χ3v) is 1.36. The summed E-state index contributed by atoms with van der Waals surface area (Å²) in [4.78, 5) is 23.6. The van der Waals surface area contributed by atoms with Crippen molar-refractivity contribution in [3.05, 3.63) is 0 Å². The second-order valence-electron chi connectivity index (χ2n) is 3.60. The van der Waals surface area contributed by atoms with Crippen molar-refractivity contribution in [1.82, 2.24) is 10.2 Å². The van der Waals surface area contributed by atoms with E-state index in [2.05, 4.69) is 5.32 Å². The molecule has 0 saturated carbocycles. The van der Waals surface area contributed by atoms with Crippen molar-refractivity contribution in [3.8, 4) is 0 Å². The average molecular weight is 186 g/mol. The van der Waals surface area contributed by atoms with Gasteiger partial charge in [0.1, 0.15) is 5.78 Å². The SMILES string of the molecule is CC(=O)CN(C)CC(=O)NC(C)C. The largest absolute Gasteiger partial charge is 0.353 e. The van der Waals surface area contributed by atoms with Crippen LogP contribution in [0.1, 0.15) is 20.8 Å². The van der Waals surface area contributed by atoms with Gasteiger partial charge in [0.05, 0.1) is 13.1 Å². The van der Waals surface area contributed by atoms with Gasteiger partial charge in [0.25, 0.3) is 0 Å².